The Labute approximate surface area is 100 Å². The molecule has 1 saturated carbocycles. The zero-order chi connectivity index (χ0) is 12.0. The molecule has 0 aromatic rings. The van der Waals surface area contributed by atoms with Crippen molar-refractivity contribution in [3.05, 3.63) is 0 Å². The third-order valence-electron chi connectivity index (χ3n) is 2.75. The first-order chi connectivity index (χ1) is 7.63. The van der Waals surface area contributed by atoms with Crippen molar-refractivity contribution < 1.29 is 4.79 Å². The summed E-state index contributed by atoms with van der Waals surface area (Å²) >= 11 is 1.19. The predicted molar refractivity (Wildman–Crippen MR) is 67.9 cm³/mol. The summed E-state index contributed by atoms with van der Waals surface area (Å²) in [5.41, 5.74) is 5.45. The molecule has 92 valence electrons. The van der Waals surface area contributed by atoms with Crippen molar-refractivity contribution in [3.63, 3.8) is 0 Å². The van der Waals surface area contributed by atoms with Crippen LogP contribution in [0.5, 0.6) is 0 Å². The van der Waals surface area contributed by atoms with Crippen LogP contribution < -0.4 is 16.9 Å². The van der Waals surface area contributed by atoms with Gasteiger partial charge in [-0.25, -0.2) is 0 Å². The van der Waals surface area contributed by atoms with E-state index in [0.29, 0.717) is 6.04 Å². The first-order valence-electron chi connectivity index (χ1n) is 5.64. The molecule has 0 aromatic heterocycles. The number of hydrogen-bond donors (Lipinski definition) is 3. The second-order valence-electron chi connectivity index (χ2n) is 4.07. The Balaban J connectivity index is 2.32. The molecule has 0 saturated heterocycles. The van der Waals surface area contributed by atoms with E-state index in [1.165, 1.54) is 31.0 Å². The van der Waals surface area contributed by atoms with Crippen molar-refractivity contribution in [2.24, 2.45) is 16.7 Å². The minimum absolute atomic E-state index is 0.0171. The molecule has 1 rings (SSSR count). The van der Waals surface area contributed by atoms with E-state index >= 15 is 0 Å². The molecule has 0 radical (unpaired) electrons. The molecule has 1 aliphatic carbocycles. The number of thioether (sulfide) groups is 1. The number of carbonyl (C=O) groups excluding carboxylic acids is 1. The third-order valence-corrected chi connectivity index (χ3v) is 3.66. The van der Waals surface area contributed by atoms with Crippen LogP contribution in [-0.4, -0.2) is 22.4 Å². The number of nitrogens with two attached hydrogens (primary N) is 2. The topological polar surface area (TPSA) is 93.5 Å². The SMILES string of the molecule is CC(SC(N)=NN)C(=O)NC1CCCCC1. The number of hydrazone groups is 1. The van der Waals surface area contributed by atoms with E-state index in [1.807, 2.05) is 0 Å². The summed E-state index contributed by atoms with van der Waals surface area (Å²) in [6, 6.07) is 0.334. The Morgan fingerprint density at radius 3 is 2.62 bits per heavy atom. The maximum Gasteiger partial charge on any atom is 0.233 e. The summed E-state index contributed by atoms with van der Waals surface area (Å²) in [5, 5.41) is 6.37. The molecule has 6 heteroatoms. The summed E-state index contributed by atoms with van der Waals surface area (Å²) in [7, 11) is 0. The van der Waals surface area contributed by atoms with Crippen molar-refractivity contribution in [1.82, 2.24) is 5.32 Å². The predicted octanol–water partition coefficient (Wildman–Crippen LogP) is 0.745. The summed E-state index contributed by atoms with van der Waals surface area (Å²) in [5.74, 6) is 5.03. The Hall–Kier alpha value is -0.910. The molecule has 0 bridgehead atoms. The van der Waals surface area contributed by atoms with Gasteiger partial charge in [0.05, 0.1) is 5.25 Å². The fourth-order valence-corrected chi connectivity index (χ4v) is 2.43. The number of amides is 1. The van der Waals surface area contributed by atoms with Gasteiger partial charge in [-0.05, 0) is 19.8 Å². The highest BCUT2D eigenvalue weighted by Crippen LogP contribution is 2.18. The lowest BCUT2D eigenvalue weighted by Crippen LogP contribution is -2.40. The zero-order valence-electron chi connectivity index (χ0n) is 9.61. The number of rotatable bonds is 3. The van der Waals surface area contributed by atoms with Gasteiger partial charge in [0.25, 0.3) is 0 Å². The molecule has 5 N–H and O–H groups in total. The van der Waals surface area contributed by atoms with Gasteiger partial charge in [-0.1, -0.05) is 31.0 Å². The highest BCUT2D eigenvalue weighted by atomic mass is 32.2. The molecule has 5 nitrogen and oxygen atoms in total. The minimum atomic E-state index is -0.241. The Morgan fingerprint density at radius 1 is 1.44 bits per heavy atom. The van der Waals surface area contributed by atoms with Gasteiger partial charge in [-0.3, -0.25) is 4.79 Å². The van der Waals surface area contributed by atoms with Crippen LogP contribution in [0.1, 0.15) is 39.0 Å². The molecule has 1 unspecified atom stereocenters. The fourth-order valence-electron chi connectivity index (χ4n) is 1.83. The molecule has 0 aromatic carbocycles. The van der Waals surface area contributed by atoms with Crippen LogP contribution in [0.15, 0.2) is 5.10 Å². The van der Waals surface area contributed by atoms with E-state index in [1.54, 1.807) is 6.92 Å². The zero-order valence-corrected chi connectivity index (χ0v) is 10.4. The largest absolute Gasteiger partial charge is 0.377 e. The summed E-state index contributed by atoms with van der Waals surface area (Å²) in [6.07, 6.45) is 5.87. The van der Waals surface area contributed by atoms with Gasteiger partial charge in [-0.2, -0.15) is 5.10 Å². The van der Waals surface area contributed by atoms with Gasteiger partial charge >= 0.3 is 0 Å². The number of nitrogens with zero attached hydrogens (tertiary/aromatic N) is 1. The van der Waals surface area contributed by atoms with Crippen LogP contribution in [0.2, 0.25) is 0 Å². The Kier molecular flexibility index (Phi) is 5.45. The Morgan fingerprint density at radius 2 is 2.06 bits per heavy atom. The van der Waals surface area contributed by atoms with Crippen LogP contribution in [0.25, 0.3) is 0 Å². The third kappa shape index (κ3) is 4.30. The molecule has 0 spiro atoms. The lowest BCUT2D eigenvalue weighted by atomic mass is 9.95. The van der Waals surface area contributed by atoms with Crippen LogP contribution >= 0.6 is 11.8 Å². The Bertz CT molecular complexity index is 264. The quantitative estimate of drug-likeness (QED) is 0.295. The van der Waals surface area contributed by atoms with Crippen molar-refractivity contribution in [2.45, 2.75) is 50.3 Å². The first-order valence-corrected chi connectivity index (χ1v) is 6.52. The molecule has 0 heterocycles. The number of carbonyl (C=O) groups is 1. The standard InChI is InChI=1S/C10H20N4OS/c1-7(16-10(11)14-12)9(15)13-8-5-3-2-4-6-8/h7-8H,2-6,12H2,1H3,(H2,11,14)(H,13,15). The van der Waals surface area contributed by atoms with Crippen LogP contribution in [0.4, 0.5) is 0 Å². The normalized spacial score (nSPS) is 20.4. The summed E-state index contributed by atoms with van der Waals surface area (Å²) in [4.78, 5) is 11.8. The monoisotopic (exact) mass is 244 g/mol. The lowest BCUT2D eigenvalue weighted by molar-refractivity contribution is -0.121. The van der Waals surface area contributed by atoms with Gasteiger partial charge in [0.15, 0.2) is 5.17 Å². The van der Waals surface area contributed by atoms with Crippen molar-refractivity contribution in [1.29, 1.82) is 0 Å². The first kappa shape index (κ1) is 13.2. The molecule has 0 aliphatic heterocycles. The van der Waals surface area contributed by atoms with E-state index in [4.69, 9.17) is 11.6 Å². The van der Waals surface area contributed by atoms with Crippen LogP contribution in [-0.2, 0) is 4.79 Å². The second kappa shape index (κ2) is 6.62. The van der Waals surface area contributed by atoms with Gasteiger partial charge in [-0.15, -0.1) is 0 Å². The van der Waals surface area contributed by atoms with E-state index < -0.39 is 0 Å². The average Bonchev–Trinajstić information content (AvgIpc) is 2.30. The van der Waals surface area contributed by atoms with Gasteiger partial charge in [0.2, 0.25) is 5.91 Å². The summed E-state index contributed by atoms with van der Waals surface area (Å²) < 4.78 is 0. The molecular weight excluding hydrogens is 224 g/mol. The molecule has 16 heavy (non-hydrogen) atoms. The van der Waals surface area contributed by atoms with Crippen LogP contribution in [0.3, 0.4) is 0 Å². The highest BCUT2D eigenvalue weighted by Gasteiger charge is 2.20. The molecule has 1 amide bonds. The maximum atomic E-state index is 11.8. The smallest absolute Gasteiger partial charge is 0.233 e. The number of amidine groups is 1. The van der Waals surface area contributed by atoms with Crippen molar-refractivity contribution >= 4 is 22.8 Å². The molecule has 1 atom stereocenters. The van der Waals surface area contributed by atoms with E-state index in [2.05, 4.69) is 10.4 Å². The molecule has 1 fully saturated rings. The van der Waals surface area contributed by atoms with Crippen molar-refractivity contribution in [3.8, 4) is 0 Å². The van der Waals surface area contributed by atoms with Gasteiger partial charge in [0, 0.05) is 6.04 Å². The van der Waals surface area contributed by atoms with E-state index in [-0.39, 0.29) is 16.3 Å². The fraction of sp³-hybridized carbons (Fsp3) is 0.800. The molecule has 1 aliphatic rings. The summed E-state index contributed by atoms with van der Waals surface area (Å²) in [6.45, 7) is 1.81. The van der Waals surface area contributed by atoms with E-state index in [0.717, 1.165) is 12.8 Å². The van der Waals surface area contributed by atoms with Crippen molar-refractivity contribution in [2.75, 3.05) is 0 Å². The average molecular weight is 244 g/mol. The molecular formula is C10H20N4OS. The second-order valence-corrected chi connectivity index (χ2v) is 5.43. The minimum Gasteiger partial charge on any atom is -0.377 e. The lowest BCUT2D eigenvalue weighted by Gasteiger charge is -2.24. The van der Waals surface area contributed by atoms with Crippen LogP contribution in [0, 0.1) is 0 Å². The maximum absolute atomic E-state index is 11.8. The van der Waals surface area contributed by atoms with Gasteiger partial charge in [0.1, 0.15) is 0 Å². The van der Waals surface area contributed by atoms with Gasteiger partial charge < -0.3 is 16.9 Å². The number of hydrogen-bond acceptors (Lipinski definition) is 4. The van der Waals surface area contributed by atoms with E-state index in [9.17, 15) is 4.79 Å². The number of nitrogens with one attached hydrogen (secondary N) is 1. The highest BCUT2D eigenvalue weighted by molar-refractivity contribution is 8.14.